The molecular formula is C33H48N4O7S. The van der Waals surface area contributed by atoms with E-state index in [1.165, 1.54) is 21.4 Å². The van der Waals surface area contributed by atoms with Gasteiger partial charge in [0.25, 0.3) is 5.91 Å². The first-order chi connectivity index (χ1) is 21.5. The summed E-state index contributed by atoms with van der Waals surface area (Å²) in [6, 6.07) is 12.9. The average Bonchev–Trinajstić information content (AvgIpc) is 3.70. The van der Waals surface area contributed by atoms with E-state index >= 15 is 0 Å². The van der Waals surface area contributed by atoms with E-state index in [2.05, 4.69) is 5.43 Å². The molecule has 2 aromatic carbocycles. The smallest absolute Gasteiger partial charge is 0.252 e. The summed E-state index contributed by atoms with van der Waals surface area (Å²) < 4.78 is 40.0. The Balaban J connectivity index is 1.66. The number of likely N-dealkylation sites (tertiary alicyclic amines) is 1. The molecule has 0 spiro atoms. The second-order valence-corrected chi connectivity index (χ2v) is 14.5. The predicted octanol–water partition coefficient (Wildman–Crippen LogP) is 3.43. The number of rotatable bonds is 15. The molecule has 2 amide bonds. The number of fused-ring (bicyclic) bond motifs is 1. The van der Waals surface area contributed by atoms with E-state index in [0.29, 0.717) is 11.5 Å². The van der Waals surface area contributed by atoms with Crippen molar-refractivity contribution in [3.8, 4) is 11.5 Å². The Hall–Kier alpha value is -3.19. The molecule has 1 fully saturated rings. The molecule has 11 nitrogen and oxygen atoms in total. The molecule has 0 aromatic heterocycles. The van der Waals surface area contributed by atoms with Crippen LogP contribution in [0.15, 0.2) is 53.4 Å². The number of aliphatic hydroxyl groups excluding tert-OH is 1. The number of hydrogen-bond donors (Lipinski definition) is 2. The third-order valence-electron chi connectivity index (χ3n) is 8.30. The average molecular weight is 645 g/mol. The molecule has 1 unspecified atom stereocenters. The Bertz CT molecular complexity index is 1380. The van der Waals surface area contributed by atoms with Crippen LogP contribution in [0.1, 0.15) is 58.9 Å². The highest BCUT2D eigenvalue weighted by Crippen LogP contribution is 2.35. The summed E-state index contributed by atoms with van der Waals surface area (Å²) in [5, 5.41) is 13.2. The Morgan fingerprint density at radius 3 is 2.36 bits per heavy atom. The Morgan fingerprint density at radius 2 is 1.69 bits per heavy atom. The minimum absolute atomic E-state index is 0.0123. The number of benzene rings is 2. The second kappa shape index (κ2) is 15.9. The normalized spacial score (nSPS) is 17.0. The fourth-order valence-electron chi connectivity index (χ4n) is 5.63. The number of nitrogens with zero attached hydrogens (tertiary/aromatic N) is 3. The van der Waals surface area contributed by atoms with Crippen LogP contribution in [-0.2, 0) is 26.0 Å². The molecule has 2 aliphatic heterocycles. The van der Waals surface area contributed by atoms with Gasteiger partial charge in [0.05, 0.1) is 23.6 Å². The number of aliphatic hydroxyl groups is 1. The molecule has 2 aromatic rings. The molecule has 2 heterocycles. The minimum atomic E-state index is -4.09. The molecule has 0 bridgehead atoms. The lowest BCUT2D eigenvalue weighted by atomic mass is 9.98. The molecule has 2 N–H and O–H groups in total. The number of amides is 2. The van der Waals surface area contributed by atoms with Crippen LogP contribution >= 0.6 is 0 Å². The van der Waals surface area contributed by atoms with E-state index in [1.807, 2.05) is 62.9 Å². The molecule has 12 heteroatoms. The number of sulfonamides is 1. The van der Waals surface area contributed by atoms with Gasteiger partial charge in [-0.2, -0.15) is 4.31 Å². The molecule has 4 rings (SSSR count). The van der Waals surface area contributed by atoms with Crippen LogP contribution in [0, 0.1) is 11.8 Å². The van der Waals surface area contributed by atoms with Crippen molar-refractivity contribution >= 4 is 21.8 Å². The molecule has 0 saturated carbocycles. The number of carbonyl (C=O) groups excluding carboxylic acids is 2. The highest BCUT2D eigenvalue weighted by molar-refractivity contribution is 7.89. The maximum Gasteiger partial charge on any atom is 0.252 e. The van der Waals surface area contributed by atoms with Crippen LogP contribution in [0.4, 0.5) is 0 Å². The van der Waals surface area contributed by atoms with Crippen LogP contribution in [0.3, 0.4) is 0 Å². The monoisotopic (exact) mass is 644 g/mol. The topological polar surface area (TPSA) is 129 Å². The van der Waals surface area contributed by atoms with Gasteiger partial charge in [0.1, 0.15) is 0 Å². The van der Waals surface area contributed by atoms with Gasteiger partial charge in [-0.05, 0) is 61.9 Å². The van der Waals surface area contributed by atoms with Gasteiger partial charge in [0.15, 0.2) is 11.5 Å². The van der Waals surface area contributed by atoms with Crippen molar-refractivity contribution in [3.05, 3.63) is 54.1 Å². The Labute approximate surface area is 267 Å². The predicted molar refractivity (Wildman–Crippen MR) is 171 cm³/mol. The van der Waals surface area contributed by atoms with Crippen LogP contribution in [-0.4, -0.2) is 91.2 Å². The number of carbonyl (C=O) groups is 2. The molecule has 0 aliphatic carbocycles. The van der Waals surface area contributed by atoms with Crippen molar-refractivity contribution in [1.82, 2.24) is 19.6 Å². The summed E-state index contributed by atoms with van der Waals surface area (Å²) >= 11 is 0. The first-order valence-corrected chi connectivity index (χ1v) is 17.4. The van der Waals surface area contributed by atoms with Crippen molar-refractivity contribution in [2.45, 2.75) is 76.8 Å². The van der Waals surface area contributed by atoms with Gasteiger partial charge in [0.2, 0.25) is 22.7 Å². The van der Waals surface area contributed by atoms with E-state index < -0.39 is 22.2 Å². The fraction of sp³-hybridized carbons (Fsp3) is 0.576. The molecule has 3 atom stereocenters. The highest BCUT2D eigenvalue weighted by Gasteiger charge is 2.37. The molecule has 45 heavy (non-hydrogen) atoms. The van der Waals surface area contributed by atoms with E-state index in [1.54, 1.807) is 6.07 Å². The van der Waals surface area contributed by atoms with Crippen molar-refractivity contribution in [3.63, 3.8) is 0 Å². The molecular weight excluding hydrogens is 596 g/mol. The molecule has 0 radical (unpaired) electrons. The third kappa shape index (κ3) is 9.41. The largest absolute Gasteiger partial charge is 0.454 e. The van der Waals surface area contributed by atoms with E-state index in [-0.39, 0.29) is 67.8 Å². The Morgan fingerprint density at radius 1 is 1.00 bits per heavy atom. The number of ether oxygens (including phenoxy) is 2. The summed E-state index contributed by atoms with van der Waals surface area (Å²) in [6.07, 6.45) is 1.84. The SMILES string of the molecule is CC[C@H](C)CC(=O)N(NC(=O)CN1CCCC1)C(Cc1ccccc1)[C@H](O)CN(CC(C)C)S(=O)(=O)c1ccc2c(c1)OCO2. The zero-order valence-electron chi connectivity index (χ0n) is 26.9. The van der Waals surface area contributed by atoms with Gasteiger partial charge in [-0.15, -0.1) is 0 Å². The summed E-state index contributed by atoms with van der Waals surface area (Å²) in [7, 11) is -4.09. The van der Waals surface area contributed by atoms with Gasteiger partial charge in [-0.1, -0.05) is 64.4 Å². The Kier molecular flexibility index (Phi) is 12.2. The van der Waals surface area contributed by atoms with Crippen LogP contribution in [0.2, 0.25) is 0 Å². The number of hydrazine groups is 1. The lowest BCUT2D eigenvalue weighted by Crippen LogP contribution is -2.60. The first kappa shape index (κ1) is 34.7. The molecule has 2 aliphatic rings. The number of nitrogens with one attached hydrogen (secondary N) is 1. The lowest BCUT2D eigenvalue weighted by Gasteiger charge is -2.37. The molecule has 1 saturated heterocycles. The van der Waals surface area contributed by atoms with Crippen molar-refractivity contribution in [2.75, 3.05) is 39.5 Å². The summed E-state index contributed by atoms with van der Waals surface area (Å²) in [6.45, 7) is 9.38. The maximum absolute atomic E-state index is 14.0. The molecule has 248 valence electrons. The van der Waals surface area contributed by atoms with Crippen molar-refractivity contribution < 1.29 is 32.6 Å². The third-order valence-corrected chi connectivity index (χ3v) is 10.1. The van der Waals surface area contributed by atoms with E-state index in [4.69, 9.17) is 9.47 Å². The van der Waals surface area contributed by atoms with Crippen LogP contribution < -0.4 is 14.9 Å². The van der Waals surface area contributed by atoms with Gasteiger partial charge in [-0.25, -0.2) is 13.4 Å². The van der Waals surface area contributed by atoms with Crippen LogP contribution in [0.5, 0.6) is 11.5 Å². The summed E-state index contributed by atoms with van der Waals surface area (Å²) in [5.41, 5.74) is 3.67. The van der Waals surface area contributed by atoms with E-state index in [0.717, 1.165) is 37.9 Å². The van der Waals surface area contributed by atoms with Crippen molar-refractivity contribution in [1.29, 1.82) is 0 Å². The maximum atomic E-state index is 14.0. The summed E-state index contributed by atoms with van der Waals surface area (Å²) in [5.74, 6) is 0.128. The van der Waals surface area contributed by atoms with Crippen LogP contribution in [0.25, 0.3) is 0 Å². The lowest BCUT2D eigenvalue weighted by molar-refractivity contribution is -0.149. The van der Waals surface area contributed by atoms with Gasteiger partial charge in [0, 0.05) is 25.6 Å². The van der Waals surface area contributed by atoms with Gasteiger partial charge < -0.3 is 14.6 Å². The minimum Gasteiger partial charge on any atom is -0.454 e. The van der Waals surface area contributed by atoms with Crippen molar-refractivity contribution in [2.24, 2.45) is 11.8 Å². The second-order valence-electron chi connectivity index (χ2n) is 12.6. The van der Waals surface area contributed by atoms with Gasteiger partial charge >= 0.3 is 0 Å². The first-order valence-electron chi connectivity index (χ1n) is 15.9. The number of hydrogen-bond acceptors (Lipinski definition) is 8. The highest BCUT2D eigenvalue weighted by atomic mass is 32.2. The standard InChI is InChI=1S/C33H48N4O7S/c1-5-25(4)17-33(40)37(34-32(39)22-35-15-9-10-16-35)28(18-26-11-7-6-8-12-26)29(38)21-36(20-24(2)3)45(41,42)27-13-14-30-31(19-27)44-23-43-30/h6-8,11-14,19,24-25,28-29,38H,5,9-10,15-18,20-23H2,1-4H3,(H,34,39)/t25-,28?,29+/m0/s1. The zero-order chi connectivity index (χ0) is 32.6. The fourth-order valence-corrected chi connectivity index (χ4v) is 7.27. The quantitative estimate of drug-likeness (QED) is 0.283. The van der Waals surface area contributed by atoms with Gasteiger partial charge in [-0.3, -0.25) is 19.9 Å². The zero-order valence-corrected chi connectivity index (χ0v) is 27.7. The summed E-state index contributed by atoms with van der Waals surface area (Å²) in [4.78, 5) is 29.2. The van der Waals surface area contributed by atoms with E-state index in [9.17, 15) is 23.1 Å².